The molecule has 2 aliphatic rings. The maximum atomic E-state index is 12.2. The summed E-state index contributed by atoms with van der Waals surface area (Å²) in [6.45, 7) is 3.57. The van der Waals surface area contributed by atoms with Crippen LogP contribution in [0.15, 0.2) is 24.3 Å². The summed E-state index contributed by atoms with van der Waals surface area (Å²) < 4.78 is 0. The van der Waals surface area contributed by atoms with Crippen molar-refractivity contribution in [3.63, 3.8) is 0 Å². The third-order valence-corrected chi connectivity index (χ3v) is 4.98. The first-order valence-electron chi connectivity index (χ1n) is 8.51. The first kappa shape index (κ1) is 15.5. The molecule has 22 heavy (non-hydrogen) atoms. The second kappa shape index (κ2) is 6.80. The van der Waals surface area contributed by atoms with Crippen molar-refractivity contribution in [2.45, 2.75) is 50.5 Å². The molecule has 4 heteroatoms. The second-order valence-electron chi connectivity index (χ2n) is 6.69. The van der Waals surface area contributed by atoms with Gasteiger partial charge in [0.05, 0.1) is 0 Å². The molecule has 0 unspecified atom stereocenters. The van der Waals surface area contributed by atoms with Gasteiger partial charge in [-0.3, -0.25) is 4.79 Å². The van der Waals surface area contributed by atoms with Crippen molar-refractivity contribution >= 4 is 11.6 Å². The zero-order chi connectivity index (χ0) is 15.4. The summed E-state index contributed by atoms with van der Waals surface area (Å²) >= 11 is 0. The van der Waals surface area contributed by atoms with Gasteiger partial charge in [-0.25, -0.2) is 0 Å². The third-order valence-electron chi connectivity index (χ3n) is 4.98. The van der Waals surface area contributed by atoms with Crippen molar-refractivity contribution < 1.29 is 9.90 Å². The molecule has 120 valence electrons. The molecule has 1 aromatic rings. The Hall–Kier alpha value is -1.39. The molecule has 1 aliphatic heterocycles. The summed E-state index contributed by atoms with van der Waals surface area (Å²) in [5.74, 6) is -0.255. The Labute approximate surface area is 132 Å². The van der Waals surface area contributed by atoms with Crippen LogP contribution in [0, 0.1) is 0 Å². The lowest BCUT2D eigenvalue weighted by Crippen LogP contribution is -2.40. The van der Waals surface area contributed by atoms with E-state index in [2.05, 4.69) is 22.3 Å². The van der Waals surface area contributed by atoms with Crippen molar-refractivity contribution in [1.29, 1.82) is 0 Å². The first-order valence-corrected chi connectivity index (χ1v) is 8.51. The lowest BCUT2D eigenvalue weighted by molar-refractivity contribution is -0.133. The van der Waals surface area contributed by atoms with Crippen LogP contribution in [0.4, 0.5) is 5.69 Å². The maximum absolute atomic E-state index is 12.2. The molecule has 2 N–H and O–H groups in total. The highest BCUT2D eigenvalue weighted by Crippen LogP contribution is 2.30. The molecule has 1 saturated carbocycles. The third kappa shape index (κ3) is 3.68. The largest absolute Gasteiger partial charge is 0.380 e. The standard InChI is InChI=1S/C18H26N2O2/c21-17(18(22)10-1-2-11-18)19-16-7-5-15(6-8-16)9-14-20-12-3-4-13-20/h5-8,22H,1-4,9-14H2,(H,19,21). The van der Waals surface area contributed by atoms with E-state index in [4.69, 9.17) is 0 Å². The number of hydrogen-bond acceptors (Lipinski definition) is 3. The highest BCUT2D eigenvalue weighted by Gasteiger charge is 2.38. The summed E-state index contributed by atoms with van der Waals surface area (Å²) in [7, 11) is 0. The highest BCUT2D eigenvalue weighted by molar-refractivity contribution is 5.97. The number of carbonyl (C=O) groups is 1. The zero-order valence-electron chi connectivity index (χ0n) is 13.2. The quantitative estimate of drug-likeness (QED) is 0.879. The van der Waals surface area contributed by atoms with Crippen LogP contribution in [-0.4, -0.2) is 41.1 Å². The molecule has 4 nitrogen and oxygen atoms in total. The fraction of sp³-hybridized carbons (Fsp3) is 0.611. The Kier molecular flexibility index (Phi) is 4.79. The normalized spacial score (nSPS) is 21.1. The van der Waals surface area contributed by atoms with E-state index in [0.29, 0.717) is 12.8 Å². The number of anilines is 1. The minimum absolute atomic E-state index is 0.255. The van der Waals surface area contributed by atoms with Crippen molar-refractivity contribution in [2.75, 3.05) is 25.0 Å². The fourth-order valence-corrected chi connectivity index (χ4v) is 3.48. The van der Waals surface area contributed by atoms with Crippen LogP contribution in [0.3, 0.4) is 0 Å². The minimum atomic E-state index is -1.16. The monoisotopic (exact) mass is 302 g/mol. The SMILES string of the molecule is O=C(Nc1ccc(CCN2CCCC2)cc1)C1(O)CCCC1. The number of amides is 1. The van der Waals surface area contributed by atoms with Gasteiger partial charge in [0, 0.05) is 12.2 Å². The number of nitrogens with one attached hydrogen (secondary N) is 1. The van der Waals surface area contributed by atoms with Gasteiger partial charge in [0.2, 0.25) is 0 Å². The summed E-state index contributed by atoms with van der Waals surface area (Å²) in [5, 5.41) is 13.1. The molecular weight excluding hydrogens is 276 g/mol. The molecule has 0 radical (unpaired) electrons. The van der Waals surface area contributed by atoms with Gasteiger partial charge in [-0.1, -0.05) is 12.1 Å². The number of carbonyl (C=O) groups excluding carboxylic acids is 1. The Morgan fingerprint density at radius 1 is 1.09 bits per heavy atom. The lowest BCUT2D eigenvalue weighted by atomic mass is 10.0. The summed E-state index contributed by atoms with van der Waals surface area (Å²) in [4.78, 5) is 14.7. The molecule has 1 aromatic carbocycles. The molecule has 1 heterocycles. The Bertz CT molecular complexity index is 500. The van der Waals surface area contributed by atoms with Gasteiger partial charge < -0.3 is 15.3 Å². The van der Waals surface area contributed by atoms with E-state index < -0.39 is 5.60 Å². The Morgan fingerprint density at radius 3 is 2.36 bits per heavy atom. The van der Waals surface area contributed by atoms with E-state index in [0.717, 1.165) is 31.5 Å². The molecule has 1 aliphatic carbocycles. The van der Waals surface area contributed by atoms with Gasteiger partial charge in [-0.05, 0) is 75.7 Å². The summed E-state index contributed by atoms with van der Waals surface area (Å²) in [6, 6.07) is 8.03. The average molecular weight is 302 g/mol. The van der Waals surface area contributed by atoms with Crippen molar-refractivity contribution in [1.82, 2.24) is 4.90 Å². The Balaban J connectivity index is 1.51. The number of nitrogens with zero attached hydrogens (tertiary/aromatic N) is 1. The van der Waals surface area contributed by atoms with Crippen molar-refractivity contribution in [2.24, 2.45) is 0 Å². The van der Waals surface area contributed by atoms with E-state index in [1.165, 1.54) is 31.5 Å². The van der Waals surface area contributed by atoms with E-state index in [1.807, 2.05) is 12.1 Å². The van der Waals surface area contributed by atoms with E-state index >= 15 is 0 Å². The molecule has 0 bridgehead atoms. The van der Waals surface area contributed by atoms with Crippen LogP contribution < -0.4 is 5.32 Å². The van der Waals surface area contributed by atoms with E-state index in [-0.39, 0.29) is 5.91 Å². The number of rotatable bonds is 5. The van der Waals surface area contributed by atoms with Crippen molar-refractivity contribution in [3.05, 3.63) is 29.8 Å². The van der Waals surface area contributed by atoms with Gasteiger partial charge in [-0.15, -0.1) is 0 Å². The minimum Gasteiger partial charge on any atom is -0.380 e. The zero-order valence-corrected chi connectivity index (χ0v) is 13.2. The smallest absolute Gasteiger partial charge is 0.256 e. The van der Waals surface area contributed by atoms with Gasteiger partial charge in [0.15, 0.2) is 0 Å². The van der Waals surface area contributed by atoms with Crippen LogP contribution in [0.1, 0.15) is 44.1 Å². The maximum Gasteiger partial charge on any atom is 0.256 e. The van der Waals surface area contributed by atoms with Gasteiger partial charge in [0.1, 0.15) is 5.60 Å². The average Bonchev–Trinajstić information content (AvgIpc) is 3.19. The topological polar surface area (TPSA) is 52.6 Å². The second-order valence-corrected chi connectivity index (χ2v) is 6.69. The highest BCUT2D eigenvalue weighted by atomic mass is 16.3. The fourth-order valence-electron chi connectivity index (χ4n) is 3.48. The summed E-state index contributed by atoms with van der Waals surface area (Å²) in [5.41, 5.74) is 0.911. The number of hydrogen-bond donors (Lipinski definition) is 2. The van der Waals surface area contributed by atoms with Crippen LogP contribution in [0.5, 0.6) is 0 Å². The Morgan fingerprint density at radius 2 is 1.73 bits per heavy atom. The molecule has 0 atom stereocenters. The first-order chi connectivity index (χ1) is 10.7. The molecule has 3 rings (SSSR count). The van der Waals surface area contributed by atoms with E-state index in [9.17, 15) is 9.90 Å². The molecule has 1 saturated heterocycles. The molecule has 1 amide bonds. The number of aliphatic hydroxyl groups is 1. The van der Waals surface area contributed by atoms with Crippen molar-refractivity contribution in [3.8, 4) is 0 Å². The van der Waals surface area contributed by atoms with Gasteiger partial charge in [-0.2, -0.15) is 0 Å². The number of benzene rings is 1. The predicted octanol–water partition coefficient (Wildman–Crippen LogP) is 2.57. The van der Waals surface area contributed by atoms with Crippen LogP contribution in [0.25, 0.3) is 0 Å². The van der Waals surface area contributed by atoms with Crippen LogP contribution >= 0.6 is 0 Å². The number of likely N-dealkylation sites (tertiary alicyclic amines) is 1. The van der Waals surface area contributed by atoms with Crippen LogP contribution in [0.2, 0.25) is 0 Å². The molecule has 0 aromatic heterocycles. The van der Waals surface area contributed by atoms with E-state index in [1.54, 1.807) is 0 Å². The molecule has 0 spiro atoms. The van der Waals surface area contributed by atoms with Gasteiger partial charge >= 0.3 is 0 Å². The lowest BCUT2D eigenvalue weighted by Gasteiger charge is -2.21. The van der Waals surface area contributed by atoms with Gasteiger partial charge in [0.25, 0.3) is 5.91 Å². The predicted molar refractivity (Wildman–Crippen MR) is 87.9 cm³/mol. The molecular formula is C18H26N2O2. The summed E-state index contributed by atoms with van der Waals surface area (Å²) in [6.07, 6.45) is 6.72. The molecule has 2 fully saturated rings. The van der Waals surface area contributed by atoms with Crippen LogP contribution in [-0.2, 0) is 11.2 Å².